The third kappa shape index (κ3) is 4.18. The summed E-state index contributed by atoms with van der Waals surface area (Å²) >= 11 is 0. The minimum atomic E-state index is -0.603. The van der Waals surface area contributed by atoms with E-state index in [9.17, 15) is 14.0 Å². The smallest absolute Gasteiger partial charge is 0.359 e. The van der Waals surface area contributed by atoms with E-state index in [1.165, 1.54) is 12.1 Å². The SMILES string of the molecule is CCC(CC)NC(=O)COC(=O)c1nn(-c2ccc(F)cc2)c2c1CCC2. The molecule has 1 amide bonds. The van der Waals surface area contributed by atoms with E-state index >= 15 is 0 Å². The van der Waals surface area contributed by atoms with E-state index in [2.05, 4.69) is 10.4 Å². The molecule has 1 heterocycles. The molecule has 0 spiro atoms. The average molecular weight is 373 g/mol. The van der Waals surface area contributed by atoms with Gasteiger partial charge in [-0.1, -0.05) is 13.8 Å². The molecule has 1 aromatic carbocycles. The Bertz CT molecular complexity index is 826. The van der Waals surface area contributed by atoms with Crippen molar-refractivity contribution >= 4 is 11.9 Å². The summed E-state index contributed by atoms with van der Waals surface area (Å²) in [6, 6.07) is 6.05. The molecule has 2 aromatic rings. The van der Waals surface area contributed by atoms with Crippen molar-refractivity contribution < 1.29 is 18.7 Å². The summed E-state index contributed by atoms with van der Waals surface area (Å²) in [5.41, 5.74) is 2.72. The van der Waals surface area contributed by atoms with E-state index in [1.54, 1.807) is 16.8 Å². The number of hydrogen-bond donors (Lipinski definition) is 1. The summed E-state index contributed by atoms with van der Waals surface area (Å²) in [5.74, 6) is -1.24. The van der Waals surface area contributed by atoms with Gasteiger partial charge in [0.2, 0.25) is 0 Å². The number of benzene rings is 1. The van der Waals surface area contributed by atoms with Gasteiger partial charge < -0.3 is 10.1 Å². The maximum atomic E-state index is 13.2. The third-order valence-corrected chi connectivity index (χ3v) is 4.88. The molecule has 3 rings (SSSR count). The first-order chi connectivity index (χ1) is 13.0. The highest BCUT2D eigenvalue weighted by atomic mass is 19.1. The Morgan fingerprint density at radius 3 is 2.59 bits per heavy atom. The molecule has 0 bridgehead atoms. The number of nitrogens with zero attached hydrogens (tertiary/aromatic N) is 2. The van der Waals surface area contributed by atoms with Crippen molar-refractivity contribution in [3.05, 3.63) is 47.0 Å². The van der Waals surface area contributed by atoms with Gasteiger partial charge in [-0.3, -0.25) is 4.79 Å². The first-order valence-corrected chi connectivity index (χ1v) is 9.36. The molecule has 0 unspecified atom stereocenters. The van der Waals surface area contributed by atoms with Gasteiger partial charge in [-0.2, -0.15) is 5.10 Å². The van der Waals surface area contributed by atoms with Crippen LogP contribution in [0, 0.1) is 5.82 Å². The fraction of sp³-hybridized carbons (Fsp3) is 0.450. The zero-order valence-electron chi connectivity index (χ0n) is 15.6. The van der Waals surface area contributed by atoms with Crippen molar-refractivity contribution in [1.82, 2.24) is 15.1 Å². The molecule has 0 radical (unpaired) electrons. The molecular formula is C20H24FN3O3. The number of nitrogens with one attached hydrogen (secondary N) is 1. The molecule has 27 heavy (non-hydrogen) atoms. The topological polar surface area (TPSA) is 73.2 Å². The standard InChI is InChI=1S/C20H24FN3O3/c1-3-14(4-2)22-18(25)12-27-20(26)19-16-6-5-7-17(16)24(23-19)15-10-8-13(21)9-11-15/h8-11,14H,3-7,12H2,1-2H3,(H,22,25). The molecule has 0 fully saturated rings. The molecule has 0 saturated carbocycles. The first kappa shape index (κ1) is 19.1. The molecule has 1 aliphatic rings. The molecule has 1 N–H and O–H groups in total. The molecule has 0 atom stereocenters. The minimum Gasteiger partial charge on any atom is -0.451 e. The van der Waals surface area contributed by atoms with Crippen LogP contribution >= 0.6 is 0 Å². The maximum Gasteiger partial charge on any atom is 0.359 e. The van der Waals surface area contributed by atoms with E-state index in [0.29, 0.717) is 5.69 Å². The highest BCUT2D eigenvalue weighted by Crippen LogP contribution is 2.28. The van der Waals surface area contributed by atoms with Gasteiger partial charge >= 0.3 is 5.97 Å². The van der Waals surface area contributed by atoms with E-state index in [-0.39, 0.29) is 30.1 Å². The number of carbonyl (C=O) groups is 2. The van der Waals surface area contributed by atoms with Gasteiger partial charge in [0.05, 0.1) is 5.69 Å². The fourth-order valence-corrected chi connectivity index (χ4v) is 3.36. The van der Waals surface area contributed by atoms with Crippen LogP contribution in [0.1, 0.15) is 54.9 Å². The van der Waals surface area contributed by atoms with Gasteiger partial charge in [0.25, 0.3) is 5.91 Å². The molecule has 6 nitrogen and oxygen atoms in total. The normalized spacial score (nSPS) is 12.9. The van der Waals surface area contributed by atoms with Gasteiger partial charge in [0, 0.05) is 17.3 Å². The monoisotopic (exact) mass is 373 g/mol. The minimum absolute atomic E-state index is 0.0816. The Labute approximate surface area is 157 Å². The van der Waals surface area contributed by atoms with Crippen LogP contribution in [0.2, 0.25) is 0 Å². The molecule has 1 aliphatic carbocycles. The van der Waals surface area contributed by atoms with Crippen LogP contribution in [0.25, 0.3) is 5.69 Å². The zero-order valence-corrected chi connectivity index (χ0v) is 15.6. The number of esters is 1. The Morgan fingerprint density at radius 2 is 1.93 bits per heavy atom. The van der Waals surface area contributed by atoms with Gasteiger partial charge in [-0.25, -0.2) is 13.9 Å². The largest absolute Gasteiger partial charge is 0.451 e. The number of aromatic nitrogens is 2. The van der Waals surface area contributed by atoms with Gasteiger partial charge in [-0.15, -0.1) is 0 Å². The van der Waals surface area contributed by atoms with Gasteiger partial charge in [0.15, 0.2) is 12.3 Å². The van der Waals surface area contributed by atoms with Crippen LogP contribution in [-0.4, -0.2) is 34.3 Å². The lowest BCUT2D eigenvalue weighted by Gasteiger charge is -2.14. The summed E-state index contributed by atoms with van der Waals surface area (Å²) < 4.78 is 20.0. The predicted octanol–water partition coefficient (Wildman–Crippen LogP) is 2.96. The van der Waals surface area contributed by atoms with Crippen LogP contribution in [0.3, 0.4) is 0 Å². The first-order valence-electron chi connectivity index (χ1n) is 9.36. The average Bonchev–Trinajstić information content (AvgIpc) is 3.27. The quantitative estimate of drug-likeness (QED) is 0.758. The molecule has 0 saturated heterocycles. The van der Waals surface area contributed by atoms with Gasteiger partial charge in [-0.05, 0) is 56.4 Å². The second kappa shape index (κ2) is 8.33. The number of halogens is 1. The Morgan fingerprint density at radius 1 is 1.22 bits per heavy atom. The summed E-state index contributed by atoms with van der Waals surface area (Å²) in [6.45, 7) is 3.66. The fourth-order valence-electron chi connectivity index (χ4n) is 3.36. The molecular weight excluding hydrogens is 349 g/mol. The van der Waals surface area contributed by atoms with E-state index in [4.69, 9.17) is 4.74 Å². The van der Waals surface area contributed by atoms with Gasteiger partial charge in [0.1, 0.15) is 5.82 Å². The Kier molecular flexibility index (Phi) is 5.88. The zero-order chi connectivity index (χ0) is 19.4. The summed E-state index contributed by atoms with van der Waals surface area (Å²) in [6.07, 6.45) is 4.10. The van der Waals surface area contributed by atoms with Crippen LogP contribution < -0.4 is 5.32 Å². The van der Waals surface area contributed by atoms with Crippen molar-refractivity contribution in [3.63, 3.8) is 0 Å². The van der Waals surface area contributed by atoms with E-state index in [0.717, 1.165) is 43.4 Å². The Balaban J connectivity index is 1.73. The molecule has 1 aromatic heterocycles. The Hall–Kier alpha value is -2.70. The maximum absolute atomic E-state index is 13.2. The van der Waals surface area contributed by atoms with Crippen LogP contribution in [0.4, 0.5) is 4.39 Å². The summed E-state index contributed by atoms with van der Waals surface area (Å²) in [7, 11) is 0. The third-order valence-electron chi connectivity index (χ3n) is 4.88. The second-order valence-corrected chi connectivity index (χ2v) is 6.67. The summed E-state index contributed by atoms with van der Waals surface area (Å²) in [4.78, 5) is 24.4. The van der Waals surface area contributed by atoms with Crippen molar-refractivity contribution in [1.29, 1.82) is 0 Å². The number of rotatable bonds is 7. The number of carbonyl (C=O) groups excluding carboxylic acids is 2. The van der Waals surface area contributed by atoms with Crippen LogP contribution in [-0.2, 0) is 22.4 Å². The number of amides is 1. The molecule has 144 valence electrons. The number of hydrogen-bond acceptors (Lipinski definition) is 4. The van der Waals surface area contributed by atoms with E-state index in [1.807, 2.05) is 13.8 Å². The van der Waals surface area contributed by atoms with Crippen molar-refractivity contribution in [2.75, 3.05) is 6.61 Å². The lowest BCUT2D eigenvalue weighted by molar-refractivity contribution is -0.125. The van der Waals surface area contributed by atoms with Crippen molar-refractivity contribution in [2.24, 2.45) is 0 Å². The summed E-state index contributed by atoms with van der Waals surface area (Å²) in [5, 5.41) is 7.23. The number of ether oxygens (including phenoxy) is 1. The lowest BCUT2D eigenvalue weighted by Crippen LogP contribution is -2.37. The van der Waals surface area contributed by atoms with Crippen LogP contribution in [0.15, 0.2) is 24.3 Å². The highest BCUT2D eigenvalue weighted by molar-refractivity contribution is 5.91. The molecule has 7 heteroatoms. The van der Waals surface area contributed by atoms with Crippen molar-refractivity contribution in [2.45, 2.75) is 52.0 Å². The van der Waals surface area contributed by atoms with Crippen LogP contribution in [0.5, 0.6) is 0 Å². The van der Waals surface area contributed by atoms with Crippen molar-refractivity contribution in [3.8, 4) is 5.69 Å². The second-order valence-electron chi connectivity index (χ2n) is 6.67. The number of fused-ring (bicyclic) bond motifs is 1. The highest BCUT2D eigenvalue weighted by Gasteiger charge is 2.28. The van der Waals surface area contributed by atoms with E-state index < -0.39 is 5.97 Å². The predicted molar refractivity (Wildman–Crippen MR) is 98.3 cm³/mol. The molecule has 0 aliphatic heterocycles. The lowest BCUT2D eigenvalue weighted by atomic mass is 10.2.